The number of aliphatic carboxylic acids is 1. The highest BCUT2D eigenvalue weighted by atomic mass is 32.2. The van der Waals surface area contributed by atoms with E-state index in [1.165, 1.54) is 17.8 Å². The lowest BCUT2D eigenvalue weighted by molar-refractivity contribution is -0.132. The van der Waals surface area contributed by atoms with Crippen LogP contribution in [0.2, 0.25) is 0 Å². The number of carbonyl (C=O) groups is 2. The van der Waals surface area contributed by atoms with Crippen LogP contribution in [-0.2, 0) is 16.0 Å². The smallest absolute Gasteiger partial charge is 0.336 e. The molecule has 0 fully saturated rings. The average Bonchev–Trinajstić information content (AvgIpc) is 2.37. The summed E-state index contributed by atoms with van der Waals surface area (Å²) in [4.78, 5) is 24.8. The zero-order valence-electron chi connectivity index (χ0n) is 9.47. The van der Waals surface area contributed by atoms with Crippen LogP contribution in [0, 0.1) is 0 Å². The van der Waals surface area contributed by atoms with E-state index in [1.807, 2.05) is 24.3 Å². The number of hydrogen-bond donors (Lipinski definition) is 1. The van der Waals surface area contributed by atoms with Gasteiger partial charge in [0.15, 0.2) is 5.78 Å². The third kappa shape index (κ3) is 1.69. The molecule has 1 aromatic rings. The molecule has 0 radical (unpaired) electrons. The topological polar surface area (TPSA) is 54.4 Å². The summed E-state index contributed by atoms with van der Waals surface area (Å²) in [7, 11) is 0. The molecule has 1 aliphatic heterocycles. The summed E-state index contributed by atoms with van der Waals surface area (Å²) in [5, 5.41) is 9.18. The third-order valence-electron chi connectivity index (χ3n) is 3.13. The molecule has 18 heavy (non-hydrogen) atoms. The van der Waals surface area contributed by atoms with E-state index in [2.05, 4.69) is 0 Å². The van der Waals surface area contributed by atoms with E-state index in [0.717, 1.165) is 10.5 Å². The largest absolute Gasteiger partial charge is 0.478 e. The molecule has 4 heteroatoms. The highest BCUT2D eigenvalue weighted by Crippen LogP contribution is 2.44. The van der Waals surface area contributed by atoms with Gasteiger partial charge in [-0.3, -0.25) is 4.79 Å². The Balaban J connectivity index is 2.10. The van der Waals surface area contributed by atoms with E-state index < -0.39 is 5.97 Å². The molecule has 1 heterocycles. The summed E-state index contributed by atoms with van der Waals surface area (Å²) in [6.45, 7) is 0. The molecule has 0 bridgehead atoms. The number of benzene rings is 1. The number of ketones is 1. The summed E-state index contributed by atoms with van der Waals surface area (Å²) < 4.78 is 0. The first kappa shape index (κ1) is 11.3. The minimum atomic E-state index is -0.957. The normalized spacial score (nSPS) is 18.0. The lowest BCUT2D eigenvalue weighted by Gasteiger charge is -2.24. The number of thioether (sulfide) groups is 1. The third-order valence-corrected chi connectivity index (χ3v) is 4.42. The molecule has 0 unspecified atom stereocenters. The maximum Gasteiger partial charge on any atom is 0.336 e. The zero-order chi connectivity index (χ0) is 12.7. The number of fused-ring (bicyclic) bond motifs is 1. The van der Waals surface area contributed by atoms with Crippen molar-refractivity contribution in [3.63, 3.8) is 0 Å². The van der Waals surface area contributed by atoms with Crippen LogP contribution in [0.15, 0.2) is 51.3 Å². The first-order valence-corrected chi connectivity index (χ1v) is 6.44. The number of carbonyl (C=O) groups excluding carboxylic acids is 1. The number of carboxylic acid groups (broad SMARTS) is 1. The van der Waals surface area contributed by atoms with Crippen molar-refractivity contribution in [3.05, 3.63) is 52.0 Å². The second-order valence-corrected chi connectivity index (χ2v) is 5.30. The second kappa shape index (κ2) is 4.14. The first-order chi connectivity index (χ1) is 8.66. The van der Waals surface area contributed by atoms with Gasteiger partial charge in [0.25, 0.3) is 0 Å². The minimum absolute atomic E-state index is 0.0389. The fourth-order valence-electron chi connectivity index (χ4n) is 2.23. The van der Waals surface area contributed by atoms with E-state index in [4.69, 9.17) is 0 Å². The fraction of sp³-hybridized carbons (Fsp3) is 0.143. The predicted octanol–water partition coefficient (Wildman–Crippen LogP) is 2.57. The number of hydrogen-bond acceptors (Lipinski definition) is 3. The van der Waals surface area contributed by atoms with Crippen molar-refractivity contribution in [2.45, 2.75) is 17.7 Å². The molecule has 0 amide bonds. The maximum absolute atomic E-state index is 11.9. The molecule has 3 nitrogen and oxygen atoms in total. The zero-order valence-corrected chi connectivity index (χ0v) is 10.3. The number of Topliss-reactive ketones (excluding diaryl/α,β-unsaturated/α-hetero) is 1. The van der Waals surface area contributed by atoms with Crippen LogP contribution in [0.5, 0.6) is 0 Å². The van der Waals surface area contributed by atoms with E-state index >= 15 is 0 Å². The summed E-state index contributed by atoms with van der Waals surface area (Å²) in [6.07, 6.45) is 2.26. The molecular weight excluding hydrogens is 248 g/mol. The summed E-state index contributed by atoms with van der Waals surface area (Å²) in [6, 6.07) is 7.80. The van der Waals surface area contributed by atoms with Crippen molar-refractivity contribution in [1.29, 1.82) is 0 Å². The van der Waals surface area contributed by atoms with Crippen LogP contribution in [-0.4, -0.2) is 16.9 Å². The Hall–Kier alpha value is -1.81. The number of allylic oxidation sites excluding steroid dienone is 2. The Morgan fingerprint density at radius 2 is 2.06 bits per heavy atom. The first-order valence-electron chi connectivity index (χ1n) is 5.63. The van der Waals surface area contributed by atoms with E-state index in [-0.39, 0.29) is 17.8 Å². The van der Waals surface area contributed by atoms with Gasteiger partial charge in [0, 0.05) is 28.2 Å². The number of rotatable bonds is 1. The highest BCUT2D eigenvalue weighted by Gasteiger charge is 2.30. The molecule has 0 saturated heterocycles. The molecule has 1 aliphatic carbocycles. The van der Waals surface area contributed by atoms with Gasteiger partial charge in [0.05, 0.1) is 5.57 Å². The van der Waals surface area contributed by atoms with Gasteiger partial charge in [0.2, 0.25) is 0 Å². The summed E-state index contributed by atoms with van der Waals surface area (Å²) >= 11 is 1.39. The van der Waals surface area contributed by atoms with Gasteiger partial charge in [-0.15, -0.1) is 0 Å². The monoisotopic (exact) mass is 258 g/mol. The Bertz CT molecular complexity index is 626. The van der Waals surface area contributed by atoms with E-state index in [0.29, 0.717) is 16.9 Å². The van der Waals surface area contributed by atoms with Gasteiger partial charge >= 0.3 is 5.97 Å². The van der Waals surface area contributed by atoms with Crippen LogP contribution in [0.4, 0.5) is 0 Å². The van der Waals surface area contributed by atoms with E-state index in [9.17, 15) is 14.7 Å². The van der Waals surface area contributed by atoms with Crippen molar-refractivity contribution in [1.82, 2.24) is 0 Å². The van der Waals surface area contributed by atoms with Crippen LogP contribution >= 0.6 is 11.8 Å². The Morgan fingerprint density at radius 3 is 2.83 bits per heavy atom. The van der Waals surface area contributed by atoms with Crippen LogP contribution in [0.1, 0.15) is 12.0 Å². The lowest BCUT2D eigenvalue weighted by atomic mass is 9.92. The molecule has 0 spiro atoms. The van der Waals surface area contributed by atoms with Crippen molar-refractivity contribution < 1.29 is 14.7 Å². The molecule has 3 rings (SSSR count). The molecule has 0 aromatic heterocycles. The van der Waals surface area contributed by atoms with Crippen molar-refractivity contribution in [2.24, 2.45) is 0 Å². The van der Waals surface area contributed by atoms with Crippen molar-refractivity contribution in [3.8, 4) is 0 Å². The van der Waals surface area contributed by atoms with Crippen LogP contribution in [0.3, 0.4) is 0 Å². The molecule has 90 valence electrons. The molecular formula is C14H10O3S. The molecule has 0 atom stereocenters. The number of carboxylic acids is 1. The molecule has 1 N–H and O–H groups in total. The Kier molecular flexibility index (Phi) is 2.59. The van der Waals surface area contributed by atoms with Gasteiger partial charge in [-0.05, 0) is 11.6 Å². The second-order valence-electron chi connectivity index (χ2n) is 4.24. The van der Waals surface area contributed by atoms with Gasteiger partial charge in [0.1, 0.15) is 0 Å². The molecule has 2 aliphatic rings. The highest BCUT2D eigenvalue weighted by molar-refractivity contribution is 8.03. The maximum atomic E-state index is 11.9. The van der Waals surface area contributed by atoms with Crippen LogP contribution in [0.25, 0.3) is 0 Å². The van der Waals surface area contributed by atoms with Gasteiger partial charge in [-0.25, -0.2) is 4.79 Å². The fourth-order valence-corrected chi connectivity index (χ4v) is 3.46. The quantitative estimate of drug-likeness (QED) is 0.841. The van der Waals surface area contributed by atoms with Crippen molar-refractivity contribution >= 4 is 23.5 Å². The lowest BCUT2D eigenvalue weighted by Crippen LogP contribution is -2.18. The SMILES string of the molecule is O=C(O)C1=CCC(=O)C2=C1Sc1ccccc1C2. The van der Waals surface area contributed by atoms with Gasteiger partial charge in [-0.2, -0.15) is 0 Å². The summed E-state index contributed by atoms with van der Waals surface area (Å²) in [5.41, 5.74) is 2.02. The van der Waals surface area contributed by atoms with Crippen molar-refractivity contribution in [2.75, 3.05) is 0 Å². The van der Waals surface area contributed by atoms with Gasteiger partial charge < -0.3 is 5.11 Å². The summed E-state index contributed by atoms with van der Waals surface area (Å²) in [5.74, 6) is -0.918. The standard InChI is InChI=1S/C14H10O3S/c15-11-6-5-9(14(16)17)13-10(11)7-8-3-1-2-4-12(8)18-13/h1-5H,6-7H2,(H,16,17). The average molecular weight is 258 g/mol. The van der Waals surface area contributed by atoms with Gasteiger partial charge in [-0.1, -0.05) is 36.0 Å². The van der Waals surface area contributed by atoms with Crippen LogP contribution < -0.4 is 0 Å². The Labute approximate surface area is 108 Å². The molecule has 0 saturated carbocycles. The molecule has 1 aromatic carbocycles. The Morgan fingerprint density at radius 1 is 1.28 bits per heavy atom. The van der Waals surface area contributed by atoms with E-state index in [1.54, 1.807) is 0 Å². The predicted molar refractivity (Wildman–Crippen MR) is 68.4 cm³/mol. The minimum Gasteiger partial charge on any atom is -0.478 e.